The van der Waals surface area contributed by atoms with Gasteiger partial charge < -0.3 is 44.8 Å². The van der Waals surface area contributed by atoms with Crippen LogP contribution in [0.4, 0.5) is 0 Å². The van der Waals surface area contributed by atoms with E-state index in [9.17, 15) is 30.1 Å². The van der Waals surface area contributed by atoms with Crippen LogP contribution in [0, 0.1) is 46.3 Å². The number of ether oxygens (including phenoxy) is 2. The van der Waals surface area contributed by atoms with Gasteiger partial charge in [0.05, 0.1) is 12.7 Å². The highest BCUT2D eigenvalue weighted by atomic mass is 31.2. The normalized spacial score (nSPS) is 46.1. The number of phosphoric ester groups is 1. The van der Waals surface area contributed by atoms with Crippen LogP contribution in [0.1, 0.15) is 98.8 Å². The van der Waals surface area contributed by atoms with Crippen LogP contribution in [-0.4, -0.2) is 84.8 Å². The maximum atomic E-state index is 11.7. The molecule has 1 unspecified atom stereocenters. The van der Waals surface area contributed by atoms with Crippen molar-refractivity contribution in [3.8, 4) is 0 Å². The van der Waals surface area contributed by atoms with E-state index in [2.05, 4.69) is 39.1 Å². The molecule has 7 N–H and O–H groups in total. The van der Waals surface area contributed by atoms with Crippen molar-refractivity contribution in [2.75, 3.05) is 6.61 Å². The molecule has 3 saturated carbocycles. The van der Waals surface area contributed by atoms with Gasteiger partial charge in [-0.2, -0.15) is 0 Å². The molecule has 1 saturated heterocycles. The van der Waals surface area contributed by atoms with Gasteiger partial charge in [-0.15, -0.1) is 0 Å². The lowest BCUT2D eigenvalue weighted by molar-refractivity contribution is -0.312. The Bertz CT molecular complexity index is 1130. The van der Waals surface area contributed by atoms with Crippen LogP contribution < -0.4 is 0 Å². The van der Waals surface area contributed by atoms with E-state index in [1.165, 1.54) is 25.7 Å². The van der Waals surface area contributed by atoms with Gasteiger partial charge in [-0.1, -0.05) is 53.9 Å². The summed E-state index contributed by atoms with van der Waals surface area (Å²) in [6.45, 7) is 10.9. The number of hydrogen-bond acceptors (Lipinski definition) is 9. The van der Waals surface area contributed by atoms with Crippen LogP contribution in [0.3, 0.4) is 0 Å². The molecule has 45 heavy (non-hydrogen) atoms. The van der Waals surface area contributed by atoms with Crippen LogP contribution >= 0.6 is 7.82 Å². The molecule has 1 aliphatic heterocycles. The summed E-state index contributed by atoms with van der Waals surface area (Å²) in [6.07, 6.45) is 0.615. The van der Waals surface area contributed by atoms with Crippen molar-refractivity contribution in [3.05, 3.63) is 11.3 Å². The van der Waals surface area contributed by atoms with E-state index in [0.717, 1.165) is 24.8 Å². The molecule has 0 aromatic rings. The minimum atomic E-state index is -4.86. The maximum absolute atomic E-state index is 11.7. The maximum Gasteiger partial charge on any atom is 0.469 e. The van der Waals surface area contributed by atoms with Gasteiger partial charge in [0.1, 0.15) is 36.3 Å². The minimum absolute atomic E-state index is 0.00208. The highest BCUT2D eigenvalue weighted by molar-refractivity contribution is 7.46. The van der Waals surface area contributed by atoms with Gasteiger partial charge >= 0.3 is 7.82 Å². The Labute approximate surface area is 267 Å². The Morgan fingerprint density at radius 1 is 0.933 bits per heavy atom. The quantitative estimate of drug-likeness (QED) is 0.167. The second-order valence-corrected chi connectivity index (χ2v) is 17.1. The summed E-state index contributed by atoms with van der Waals surface area (Å²) in [5.74, 6) is 2.60. The minimum Gasteiger partial charge on any atom is -0.510 e. The fraction of sp³-hybridized carbons (Fsp3) is 0.939. The molecule has 5 aliphatic rings. The van der Waals surface area contributed by atoms with E-state index in [-0.39, 0.29) is 28.4 Å². The highest BCUT2D eigenvalue weighted by Crippen LogP contribution is 2.68. The number of rotatable bonds is 10. The number of fused-ring (bicyclic) bond motifs is 5. The van der Waals surface area contributed by atoms with Gasteiger partial charge in [0.15, 0.2) is 6.29 Å². The van der Waals surface area contributed by atoms with Crippen molar-refractivity contribution in [2.24, 2.45) is 46.3 Å². The first-order valence-corrected chi connectivity index (χ1v) is 18.7. The van der Waals surface area contributed by atoms with Crippen LogP contribution in [0.25, 0.3) is 0 Å². The second-order valence-electron chi connectivity index (χ2n) is 15.8. The highest BCUT2D eigenvalue weighted by Gasteiger charge is 2.63. The molecule has 260 valence electrons. The Morgan fingerprint density at radius 3 is 2.31 bits per heavy atom. The molecule has 11 nitrogen and oxygen atoms in total. The number of phosphoric acid groups is 1. The summed E-state index contributed by atoms with van der Waals surface area (Å²) in [5, 5.41) is 54.6. The van der Waals surface area contributed by atoms with Gasteiger partial charge in [-0.05, 0) is 96.9 Å². The molecule has 0 amide bonds. The molecule has 0 aromatic carbocycles. The monoisotopic (exact) mass is 660 g/mol. The third kappa shape index (κ3) is 6.83. The lowest BCUT2D eigenvalue weighted by Crippen LogP contribution is -2.60. The summed E-state index contributed by atoms with van der Waals surface area (Å²) in [6, 6.07) is 0. The first kappa shape index (κ1) is 35.7. The Kier molecular flexibility index (Phi) is 10.6. The lowest BCUT2D eigenvalue weighted by Gasteiger charge is -2.60. The van der Waals surface area contributed by atoms with Crippen molar-refractivity contribution in [3.63, 3.8) is 0 Å². The zero-order valence-electron chi connectivity index (χ0n) is 27.5. The van der Waals surface area contributed by atoms with E-state index in [1.54, 1.807) is 0 Å². The number of hydrogen-bond donors (Lipinski definition) is 7. The molecule has 4 aliphatic carbocycles. The topological polar surface area (TPSA) is 186 Å². The van der Waals surface area contributed by atoms with E-state index >= 15 is 0 Å². The SMILES string of the molecule is CC(C)CCC[C@@H](C)[C@H]1CC[C@H]2[C@@H]3C(O)C(O)=C4C[C@@H](O[C@H]5O[C@H](COP(=O)(O)O)[C@H](O)[C@H](O)[C@H]5O)CC[C@]4(C)[C@H]3CC[C@]12C. The summed E-state index contributed by atoms with van der Waals surface area (Å²) in [7, 11) is -4.86. The molecule has 0 aromatic heterocycles. The van der Waals surface area contributed by atoms with Crippen molar-refractivity contribution in [1.82, 2.24) is 0 Å². The summed E-state index contributed by atoms with van der Waals surface area (Å²) in [4.78, 5) is 18.1. The Hall–Kier alpha value is -0.590. The van der Waals surface area contributed by atoms with Crippen molar-refractivity contribution in [1.29, 1.82) is 0 Å². The van der Waals surface area contributed by atoms with Crippen molar-refractivity contribution >= 4 is 7.82 Å². The molecule has 14 atom stereocenters. The van der Waals surface area contributed by atoms with E-state index in [1.807, 2.05) is 0 Å². The van der Waals surface area contributed by atoms with Gasteiger partial charge in [0.25, 0.3) is 0 Å². The summed E-state index contributed by atoms with van der Waals surface area (Å²) in [5.41, 5.74) is 0.616. The van der Waals surface area contributed by atoms with Gasteiger partial charge in [-0.25, -0.2) is 4.57 Å². The molecule has 5 rings (SSSR count). The molecular weight excluding hydrogens is 603 g/mol. The molecule has 1 heterocycles. The largest absolute Gasteiger partial charge is 0.510 e. The molecule has 12 heteroatoms. The fourth-order valence-corrected chi connectivity index (χ4v) is 10.7. The zero-order valence-corrected chi connectivity index (χ0v) is 28.4. The van der Waals surface area contributed by atoms with E-state index < -0.39 is 57.3 Å². The Balaban J connectivity index is 1.29. The average Bonchev–Trinajstić information content (AvgIpc) is 3.32. The Morgan fingerprint density at radius 2 is 1.64 bits per heavy atom. The third-order valence-electron chi connectivity index (χ3n) is 12.8. The van der Waals surface area contributed by atoms with Gasteiger partial charge in [0.2, 0.25) is 0 Å². The number of aliphatic hydroxyl groups excluding tert-OH is 5. The predicted octanol–water partition coefficient (Wildman–Crippen LogP) is 4.19. The fourth-order valence-electron chi connectivity index (χ4n) is 10.4. The second kappa shape index (κ2) is 13.4. The average molecular weight is 661 g/mol. The standard InChI is InChI=1S/C33H57O11P/c1-17(2)7-6-8-18(3)20-9-10-21-25-22(12-14-32(20,21)4)33(5)13-11-19(15-23(33)26(34)28(25)36)43-31-30(38)29(37)27(35)24(44-31)16-42-45(39,40)41/h17-22,24-25,27-31,34-38H,6-16H2,1-5H3,(H2,39,40,41)/t18-,19+,20-,21+,22+,24-,25+,27+,28?,29+,30-,31+,32-,33-/m1/s1. The van der Waals surface area contributed by atoms with Gasteiger partial charge in [-0.3, -0.25) is 4.52 Å². The molecule has 4 fully saturated rings. The van der Waals surface area contributed by atoms with Crippen LogP contribution in [0.5, 0.6) is 0 Å². The predicted molar refractivity (Wildman–Crippen MR) is 166 cm³/mol. The smallest absolute Gasteiger partial charge is 0.469 e. The van der Waals surface area contributed by atoms with E-state index in [0.29, 0.717) is 42.9 Å². The lowest BCUT2D eigenvalue weighted by atomic mass is 9.46. The van der Waals surface area contributed by atoms with Crippen LogP contribution in [-0.2, 0) is 18.6 Å². The van der Waals surface area contributed by atoms with Gasteiger partial charge in [0, 0.05) is 0 Å². The molecule has 0 radical (unpaired) electrons. The summed E-state index contributed by atoms with van der Waals surface area (Å²) < 4.78 is 27.4. The van der Waals surface area contributed by atoms with E-state index in [4.69, 9.17) is 19.3 Å². The molecular formula is C33H57O11P. The van der Waals surface area contributed by atoms with Crippen LogP contribution in [0.15, 0.2) is 11.3 Å². The van der Waals surface area contributed by atoms with Crippen LogP contribution in [0.2, 0.25) is 0 Å². The van der Waals surface area contributed by atoms with Crippen molar-refractivity contribution < 1.29 is 53.9 Å². The van der Waals surface area contributed by atoms with Crippen molar-refractivity contribution in [2.45, 2.75) is 142 Å². The molecule has 0 bridgehead atoms. The molecule has 0 spiro atoms. The third-order valence-corrected chi connectivity index (χ3v) is 13.3. The first-order valence-electron chi connectivity index (χ1n) is 17.1. The zero-order chi connectivity index (χ0) is 33.1. The first-order chi connectivity index (χ1) is 21.0. The number of aliphatic hydroxyl groups is 5. The summed E-state index contributed by atoms with van der Waals surface area (Å²) >= 11 is 0.